The van der Waals surface area contributed by atoms with E-state index in [-0.39, 0.29) is 17.9 Å². The topological polar surface area (TPSA) is 69.0 Å². The highest BCUT2D eigenvalue weighted by Gasteiger charge is 2.19. The van der Waals surface area contributed by atoms with E-state index < -0.39 is 0 Å². The summed E-state index contributed by atoms with van der Waals surface area (Å²) in [5.74, 6) is 0.886. The van der Waals surface area contributed by atoms with Gasteiger partial charge in [-0.1, -0.05) is 0 Å². The minimum absolute atomic E-state index is 0.00155. The number of ether oxygens (including phenoxy) is 1. The van der Waals surface area contributed by atoms with Crippen LogP contribution in [-0.2, 0) is 16.0 Å². The minimum Gasteiger partial charge on any atom is -0.375 e. The number of hydrogen-bond acceptors (Lipinski definition) is 5. The number of carbonyl (C=O) groups is 1. The molecule has 1 atom stereocenters. The third kappa shape index (κ3) is 3.36. The maximum absolute atomic E-state index is 12.0. The highest BCUT2D eigenvalue weighted by atomic mass is 16.5. The molecule has 0 aliphatic carbocycles. The van der Waals surface area contributed by atoms with E-state index >= 15 is 0 Å². The summed E-state index contributed by atoms with van der Waals surface area (Å²) in [6.07, 6.45) is 2.28. The van der Waals surface area contributed by atoms with Gasteiger partial charge >= 0.3 is 0 Å². The summed E-state index contributed by atoms with van der Waals surface area (Å²) in [6, 6.07) is 0.225. The largest absolute Gasteiger partial charge is 0.375 e. The lowest BCUT2D eigenvalue weighted by Gasteiger charge is -2.22. The first-order chi connectivity index (χ1) is 8.66. The van der Waals surface area contributed by atoms with Crippen LogP contribution in [0.4, 0.5) is 0 Å². The van der Waals surface area contributed by atoms with Crippen molar-refractivity contribution in [1.82, 2.24) is 20.1 Å². The quantitative estimate of drug-likeness (QED) is 0.819. The van der Waals surface area contributed by atoms with Gasteiger partial charge in [0.15, 0.2) is 0 Å². The van der Waals surface area contributed by atoms with Crippen LogP contribution >= 0.6 is 0 Å². The first kappa shape index (κ1) is 13.2. The average molecular weight is 252 g/mol. The van der Waals surface area contributed by atoms with Gasteiger partial charge in [0, 0.05) is 25.6 Å². The summed E-state index contributed by atoms with van der Waals surface area (Å²) in [5.41, 5.74) is 0. The first-order valence-electron chi connectivity index (χ1n) is 6.39. The Morgan fingerprint density at radius 1 is 1.67 bits per heavy atom. The van der Waals surface area contributed by atoms with Crippen molar-refractivity contribution in [3.63, 3.8) is 0 Å². The highest BCUT2D eigenvalue weighted by molar-refractivity contribution is 5.80. The summed E-state index contributed by atoms with van der Waals surface area (Å²) >= 11 is 0. The van der Waals surface area contributed by atoms with Crippen LogP contribution in [0.3, 0.4) is 0 Å². The molecule has 1 saturated heterocycles. The zero-order valence-electron chi connectivity index (χ0n) is 10.9. The van der Waals surface area contributed by atoms with Crippen LogP contribution in [0.5, 0.6) is 0 Å². The fourth-order valence-electron chi connectivity index (χ4n) is 2.09. The Bertz CT molecular complexity index is 397. The van der Waals surface area contributed by atoms with Crippen LogP contribution in [0.1, 0.15) is 32.1 Å². The molecule has 1 N–H and O–H groups in total. The molecular weight excluding hydrogens is 232 g/mol. The predicted octanol–water partition coefficient (Wildman–Crippen LogP) is 0.349. The molecule has 0 spiro atoms. The number of nitrogens with zero attached hydrogens (tertiary/aromatic N) is 3. The van der Waals surface area contributed by atoms with Gasteiger partial charge in [0.1, 0.15) is 17.9 Å². The number of carbonyl (C=O) groups excluding carboxylic acids is 1. The van der Waals surface area contributed by atoms with Gasteiger partial charge in [-0.2, -0.15) is 5.10 Å². The number of aromatic nitrogens is 3. The number of hydrogen-bond donors (Lipinski definition) is 1. The number of rotatable bonds is 5. The van der Waals surface area contributed by atoms with Crippen molar-refractivity contribution in [2.75, 3.05) is 19.7 Å². The Kier molecular flexibility index (Phi) is 4.43. The molecule has 6 heteroatoms. The maximum atomic E-state index is 12.0. The van der Waals surface area contributed by atoms with Crippen LogP contribution < -0.4 is 5.32 Å². The van der Waals surface area contributed by atoms with Crippen molar-refractivity contribution in [3.8, 4) is 0 Å². The van der Waals surface area contributed by atoms with Crippen LogP contribution in [-0.4, -0.2) is 46.3 Å². The highest BCUT2D eigenvalue weighted by Crippen LogP contribution is 2.09. The maximum Gasteiger partial charge on any atom is 0.143 e. The second-order valence-electron chi connectivity index (χ2n) is 4.83. The molecular formula is C12H20N4O2. The Balaban J connectivity index is 1.88. The standard InChI is InChI=1S/C12H20N4O2/c1-9(2)16-12(14-8-15-16)6-10(17)5-11-7-13-3-4-18-11/h8-9,11,13H,3-7H2,1-2H3. The molecule has 1 fully saturated rings. The van der Waals surface area contributed by atoms with E-state index in [0.29, 0.717) is 19.4 Å². The summed E-state index contributed by atoms with van der Waals surface area (Å²) in [4.78, 5) is 16.1. The summed E-state index contributed by atoms with van der Waals surface area (Å²) in [7, 11) is 0. The van der Waals surface area contributed by atoms with Crippen LogP contribution in [0.15, 0.2) is 6.33 Å². The van der Waals surface area contributed by atoms with Gasteiger partial charge in [0.2, 0.25) is 0 Å². The lowest BCUT2D eigenvalue weighted by atomic mass is 10.1. The number of nitrogens with one attached hydrogen (secondary N) is 1. The van der Waals surface area contributed by atoms with Crippen LogP contribution in [0, 0.1) is 0 Å². The molecule has 6 nitrogen and oxygen atoms in total. The van der Waals surface area contributed by atoms with Crippen molar-refractivity contribution < 1.29 is 9.53 Å². The molecule has 1 aromatic rings. The summed E-state index contributed by atoms with van der Waals surface area (Å²) in [5, 5.41) is 7.34. The van der Waals surface area contributed by atoms with E-state index in [1.54, 1.807) is 4.68 Å². The molecule has 0 aromatic carbocycles. The number of morpholine rings is 1. The molecule has 1 aliphatic rings. The van der Waals surface area contributed by atoms with E-state index in [9.17, 15) is 4.79 Å². The van der Waals surface area contributed by atoms with E-state index in [1.807, 2.05) is 13.8 Å². The van der Waals surface area contributed by atoms with Gasteiger partial charge < -0.3 is 10.1 Å². The molecule has 0 radical (unpaired) electrons. The third-order valence-electron chi connectivity index (χ3n) is 2.95. The van der Waals surface area contributed by atoms with Crippen LogP contribution in [0.25, 0.3) is 0 Å². The average Bonchev–Trinajstić information content (AvgIpc) is 2.78. The van der Waals surface area contributed by atoms with Crippen molar-refractivity contribution >= 4 is 5.78 Å². The van der Waals surface area contributed by atoms with Gasteiger partial charge in [-0.25, -0.2) is 9.67 Å². The fourth-order valence-corrected chi connectivity index (χ4v) is 2.09. The van der Waals surface area contributed by atoms with Crippen molar-refractivity contribution in [1.29, 1.82) is 0 Å². The van der Waals surface area contributed by atoms with E-state index in [1.165, 1.54) is 6.33 Å². The molecule has 1 aliphatic heterocycles. The molecule has 2 rings (SSSR count). The zero-order chi connectivity index (χ0) is 13.0. The lowest BCUT2D eigenvalue weighted by Crippen LogP contribution is -2.39. The zero-order valence-corrected chi connectivity index (χ0v) is 10.9. The first-order valence-corrected chi connectivity index (χ1v) is 6.39. The molecule has 0 amide bonds. The number of Topliss-reactive ketones (excluding diaryl/α,β-unsaturated/α-hetero) is 1. The molecule has 18 heavy (non-hydrogen) atoms. The molecule has 1 unspecified atom stereocenters. The molecule has 2 heterocycles. The monoisotopic (exact) mass is 252 g/mol. The Morgan fingerprint density at radius 3 is 3.17 bits per heavy atom. The Labute approximate surface area is 107 Å². The second kappa shape index (κ2) is 6.06. The smallest absolute Gasteiger partial charge is 0.143 e. The van der Waals surface area contributed by atoms with Crippen molar-refractivity contribution in [2.24, 2.45) is 0 Å². The Hall–Kier alpha value is -1.27. The third-order valence-corrected chi connectivity index (χ3v) is 2.95. The SMILES string of the molecule is CC(C)n1ncnc1CC(=O)CC1CNCCO1. The van der Waals surface area contributed by atoms with E-state index in [4.69, 9.17) is 4.74 Å². The fraction of sp³-hybridized carbons (Fsp3) is 0.750. The molecule has 0 bridgehead atoms. The molecule has 0 saturated carbocycles. The molecule has 100 valence electrons. The minimum atomic E-state index is 0.00155. The summed E-state index contributed by atoms with van der Waals surface area (Å²) < 4.78 is 7.31. The predicted molar refractivity (Wildman–Crippen MR) is 66.3 cm³/mol. The van der Waals surface area contributed by atoms with Gasteiger partial charge in [-0.05, 0) is 13.8 Å². The summed E-state index contributed by atoms with van der Waals surface area (Å²) in [6.45, 7) is 6.35. The second-order valence-corrected chi connectivity index (χ2v) is 4.83. The van der Waals surface area contributed by atoms with E-state index in [2.05, 4.69) is 15.4 Å². The Morgan fingerprint density at radius 2 is 2.50 bits per heavy atom. The van der Waals surface area contributed by atoms with Gasteiger partial charge in [0.05, 0.1) is 19.1 Å². The van der Waals surface area contributed by atoms with E-state index in [0.717, 1.165) is 18.9 Å². The van der Waals surface area contributed by atoms with Gasteiger partial charge in [-0.15, -0.1) is 0 Å². The molecule has 1 aromatic heterocycles. The number of ketones is 1. The normalized spacial score (nSPS) is 20.3. The lowest BCUT2D eigenvalue weighted by molar-refractivity contribution is -0.121. The van der Waals surface area contributed by atoms with Crippen molar-refractivity contribution in [3.05, 3.63) is 12.2 Å². The van der Waals surface area contributed by atoms with Gasteiger partial charge in [0.25, 0.3) is 0 Å². The van der Waals surface area contributed by atoms with Crippen molar-refractivity contribution in [2.45, 2.75) is 38.8 Å². The van der Waals surface area contributed by atoms with Crippen LogP contribution in [0.2, 0.25) is 0 Å². The van der Waals surface area contributed by atoms with Gasteiger partial charge in [-0.3, -0.25) is 4.79 Å².